The van der Waals surface area contributed by atoms with Crippen molar-refractivity contribution < 1.29 is 9.69 Å². The highest BCUT2D eigenvalue weighted by Gasteiger charge is 2.29. The quantitative estimate of drug-likeness (QED) is 0.836. The predicted molar refractivity (Wildman–Crippen MR) is 102 cm³/mol. The summed E-state index contributed by atoms with van der Waals surface area (Å²) in [6, 6.07) is 7.54. The normalized spacial score (nSPS) is 16.4. The monoisotopic (exact) mass is 394 g/mol. The third-order valence-corrected chi connectivity index (χ3v) is 6.20. The van der Waals surface area contributed by atoms with E-state index in [9.17, 15) is 10.1 Å². The number of hydrogen-bond acceptors (Lipinski definition) is 3. The van der Waals surface area contributed by atoms with Crippen LogP contribution in [0.3, 0.4) is 0 Å². The van der Waals surface area contributed by atoms with Gasteiger partial charge in [0.05, 0.1) is 33.6 Å². The Labute approximate surface area is 161 Å². The van der Waals surface area contributed by atoms with Crippen LogP contribution in [0.1, 0.15) is 40.2 Å². The predicted octanol–water partition coefficient (Wildman–Crippen LogP) is 3.53. The summed E-state index contributed by atoms with van der Waals surface area (Å²) in [6.07, 6.45) is 0.861. The van der Waals surface area contributed by atoms with E-state index in [1.54, 1.807) is 12.1 Å². The van der Waals surface area contributed by atoms with Gasteiger partial charge in [-0.05, 0) is 37.6 Å². The Morgan fingerprint density at radius 1 is 1.40 bits per heavy atom. The average Bonchev–Trinajstić information content (AvgIpc) is 2.90. The topological polar surface area (TPSA) is 57.3 Å². The number of quaternary nitrogens is 1. The lowest BCUT2D eigenvalue weighted by Crippen LogP contribution is -3.14. The highest BCUT2D eigenvalue weighted by atomic mass is 35.5. The van der Waals surface area contributed by atoms with E-state index in [1.165, 1.54) is 27.2 Å². The maximum atomic E-state index is 12.6. The van der Waals surface area contributed by atoms with Gasteiger partial charge in [-0.2, -0.15) is 5.26 Å². The number of rotatable bonds is 3. The molecule has 0 spiro atoms. The molecule has 0 aliphatic carbocycles. The van der Waals surface area contributed by atoms with E-state index in [0.717, 1.165) is 25.1 Å². The standard InChI is InChI=1S/C18H17Cl2N3OS/c1-10(2)23-6-5-12-14(8-21)18(25-16(12)9-23)22-17(24)13-4-3-11(19)7-15(13)20/h3-4,7,10H,5-6,9H2,1-2H3,(H,22,24)/p+1. The van der Waals surface area contributed by atoms with Crippen molar-refractivity contribution in [3.63, 3.8) is 0 Å². The Balaban J connectivity index is 1.88. The van der Waals surface area contributed by atoms with Gasteiger partial charge in [0.2, 0.25) is 0 Å². The van der Waals surface area contributed by atoms with Gasteiger partial charge in [0.1, 0.15) is 17.6 Å². The number of fused-ring (bicyclic) bond motifs is 1. The van der Waals surface area contributed by atoms with Gasteiger partial charge in [-0.15, -0.1) is 11.3 Å². The van der Waals surface area contributed by atoms with E-state index < -0.39 is 0 Å². The van der Waals surface area contributed by atoms with Gasteiger partial charge in [0.15, 0.2) is 0 Å². The Bertz CT molecular complexity index is 870. The minimum atomic E-state index is -0.329. The average molecular weight is 395 g/mol. The Morgan fingerprint density at radius 2 is 2.16 bits per heavy atom. The van der Waals surface area contributed by atoms with Gasteiger partial charge >= 0.3 is 0 Å². The lowest BCUT2D eigenvalue weighted by Gasteiger charge is -2.27. The molecule has 1 atom stereocenters. The summed E-state index contributed by atoms with van der Waals surface area (Å²) in [5.74, 6) is -0.329. The van der Waals surface area contributed by atoms with E-state index >= 15 is 0 Å². The molecule has 25 heavy (non-hydrogen) atoms. The number of benzene rings is 1. The minimum absolute atomic E-state index is 0.292. The molecular weight excluding hydrogens is 377 g/mol. The van der Waals surface area contributed by atoms with Gasteiger partial charge in [-0.25, -0.2) is 0 Å². The van der Waals surface area contributed by atoms with E-state index in [2.05, 4.69) is 25.2 Å². The lowest BCUT2D eigenvalue weighted by molar-refractivity contribution is -0.936. The van der Waals surface area contributed by atoms with E-state index in [1.807, 2.05) is 0 Å². The molecule has 130 valence electrons. The molecule has 0 saturated carbocycles. The van der Waals surface area contributed by atoms with Crippen LogP contribution in [0.15, 0.2) is 18.2 Å². The number of thiophene rings is 1. The first kappa shape index (κ1) is 18.2. The summed E-state index contributed by atoms with van der Waals surface area (Å²) in [4.78, 5) is 15.2. The number of nitrogens with zero attached hydrogens (tertiary/aromatic N) is 1. The van der Waals surface area contributed by atoms with Crippen LogP contribution in [-0.2, 0) is 13.0 Å². The Morgan fingerprint density at radius 3 is 2.80 bits per heavy atom. The first-order chi connectivity index (χ1) is 11.9. The molecule has 1 aliphatic rings. The van der Waals surface area contributed by atoms with Crippen molar-refractivity contribution in [1.29, 1.82) is 5.26 Å². The van der Waals surface area contributed by atoms with Gasteiger partial charge in [-0.1, -0.05) is 23.2 Å². The molecule has 1 aromatic carbocycles. The van der Waals surface area contributed by atoms with Crippen LogP contribution < -0.4 is 10.2 Å². The number of anilines is 1. The fraction of sp³-hybridized carbons (Fsp3) is 0.333. The lowest BCUT2D eigenvalue weighted by atomic mass is 10.0. The second kappa shape index (κ2) is 7.35. The Kier molecular flexibility index (Phi) is 5.35. The van der Waals surface area contributed by atoms with Crippen molar-refractivity contribution in [2.75, 3.05) is 11.9 Å². The second-order valence-corrected chi connectivity index (χ2v) is 8.34. The van der Waals surface area contributed by atoms with Crippen molar-refractivity contribution >= 4 is 45.4 Å². The molecule has 1 aliphatic heterocycles. The first-order valence-corrected chi connectivity index (χ1v) is 9.63. The van der Waals surface area contributed by atoms with Crippen LogP contribution in [0, 0.1) is 11.3 Å². The summed E-state index contributed by atoms with van der Waals surface area (Å²) in [5.41, 5.74) is 2.01. The molecule has 2 heterocycles. The van der Waals surface area contributed by atoms with Crippen LogP contribution in [-0.4, -0.2) is 18.5 Å². The van der Waals surface area contributed by atoms with Gasteiger partial charge in [0.25, 0.3) is 5.91 Å². The van der Waals surface area contributed by atoms with Crippen molar-refractivity contribution in [1.82, 2.24) is 0 Å². The first-order valence-electron chi connectivity index (χ1n) is 8.06. The molecule has 2 aromatic rings. The van der Waals surface area contributed by atoms with Crippen molar-refractivity contribution in [3.05, 3.63) is 49.8 Å². The Hall–Kier alpha value is -1.58. The number of carbonyl (C=O) groups is 1. The van der Waals surface area contributed by atoms with Crippen LogP contribution in [0.4, 0.5) is 5.00 Å². The number of amides is 1. The molecule has 1 unspecified atom stereocenters. The molecule has 3 rings (SSSR count). The summed E-state index contributed by atoms with van der Waals surface area (Å²) in [5, 5.41) is 13.8. The number of hydrogen-bond donors (Lipinski definition) is 2. The van der Waals surface area contributed by atoms with E-state index in [4.69, 9.17) is 23.2 Å². The van der Waals surface area contributed by atoms with Gasteiger partial charge < -0.3 is 10.2 Å². The molecule has 0 fully saturated rings. The largest absolute Gasteiger partial charge is 0.328 e. The number of nitriles is 1. The molecule has 4 nitrogen and oxygen atoms in total. The summed E-state index contributed by atoms with van der Waals surface area (Å²) >= 11 is 13.5. The number of halogens is 2. The molecule has 1 amide bonds. The molecule has 2 N–H and O–H groups in total. The fourth-order valence-electron chi connectivity index (χ4n) is 3.04. The zero-order valence-electron chi connectivity index (χ0n) is 14.0. The van der Waals surface area contributed by atoms with E-state index in [-0.39, 0.29) is 5.91 Å². The zero-order valence-corrected chi connectivity index (χ0v) is 16.3. The van der Waals surface area contributed by atoms with Crippen LogP contribution in [0.2, 0.25) is 10.0 Å². The van der Waals surface area contributed by atoms with Crippen LogP contribution in [0.5, 0.6) is 0 Å². The van der Waals surface area contributed by atoms with Crippen LogP contribution in [0.25, 0.3) is 0 Å². The van der Waals surface area contributed by atoms with Crippen molar-refractivity contribution in [2.24, 2.45) is 0 Å². The minimum Gasteiger partial charge on any atom is -0.328 e. The second-order valence-electron chi connectivity index (χ2n) is 6.39. The zero-order chi connectivity index (χ0) is 18.1. The summed E-state index contributed by atoms with van der Waals surface area (Å²) in [7, 11) is 0. The maximum absolute atomic E-state index is 12.6. The van der Waals surface area contributed by atoms with Gasteiger partial charge in [-0.3, -0.25) is 4.79 Å². The maximum Gasteiger partial charge on any atom is 0.257 e. The third kappa shape index (κ3) is 3.68. The smallest absolute Gasteiger partial charge is 0.257 e. The molecular formula is C18H18Cl2N3OS+. The van der Waals surface area contributed by atoms with Crippen molar-refractivity contribution in [2.45, 2.75) is 32.9 Å². The highest BCUT2D eigenvalue weighted by Crippen LogP contribution is 2.35. The molecule has 0 radical (unpaired) electrons. The van der Waals surface area contributed by atoms with Crippen LogP contribution >= 0.6 is 34.5 Å². The molecule has 1 aromatic heterocycles. The SMILES string of the molecule is CC(C)[NH+]1CCc2c(sc(NC(=O)c3ccc(Cl)cc3Cl)c2C#N)C1. The van der Waals surface area contributed by atoms with E-state index in [0.29, 0.717) is 32.2 Å². The summed E-state index contributed by atoms with van der Waals surface area (Å²) < 4.78 is 0. The number of nitrogens with one attached hydrogen (secondary N) is 2. The third-order valence-electron chi connectivity index (χ3n) is 4.51. The summed E-state index contributed by atoms with van der Waals surface area (Å²) in [6.45, 7) is 6.30. The van der Waals surface area contributed by atoms with Crippen molar-refractivity contribution in [3.8, 4) is 6.07 Å². The fourth-order valence-corrected chi connectivity index (χ4v) is 4.78. The molecule has 0 saturated heterocycles. The molecule has 7 heteroatoms. The highest BCUT2D eigenvalue weighted by molar-refractivity contribution is 7.16. The number of carbonyl (C=O) groups excluding carboxylic acids is 1. The molecule has 0 bridgehead atoms. The van der Waals surface area contributed by atoms with Gasteiger partial charge in [0, 0.05) is 11.4 Å².